The standard InChI is InChI=1S/C31H32FN3O5S/c1-3-4-8-19-13-15-33-25(17-19)35(34-16-14-23(36)29(28(34)30(33)37)40-31(38)39-2)27-21-10-5-6-12-24(21)41-18-20-9-7-11-22(32)26(20)27/h5-7,9-12,14,16,19,25,27H,3-4,8,13,15,17-18H2,1-2H3. The average Bonchev–Trinajstić information content (AvgIpc) is 3.15. The maximum Gasteiger partial charge on any atom is 0.513 e. The number of nitrogens with zero attached hydrogens (tertiary/aromatic N) is 3. The van der Waals surface area contributed by atoms with E-state index >= 15 is 4.39 Å². The number of carbonyl (C=O) groups is 2. The molecular weight excluding hydrogens is 545 g/mol. The van der Waals surface area contributed by atoms with Crippen LogP contribution in [0.3, 0.4) is 0 Å². The predicted molar refractivity (Wildman–Crippen MR) is 153 cm³/mol. The lowest BCUT2D eigenvalue weighted by molar-refractivity contribution is 0.0364. The van der Waals surface area contributed by atoms with Crippen molar-refractivity contribution in [2.75, 3.05) is 18.7 Å². The molecule has 41 heavy (non-hydrogen) atoms. The van der Waals surface area contributed by atoms with Gasteiger partial charge in [0.05, 0.1) is 7.11 Å². The van der Waals surface area contributed by atoms with Crippen LogP contribution in [-0.2, 0) is 10.5 Å². The molecule has 3 atom stereocenters. The topological polar surface area (TPSA) is 81.1 Å². The summed E-state index contributed by atoms with van der Waals surface area (Å²) in [5, 5.41) is 2.02. The molecule has 3 aromatic rings. The third-order valence-electron chi connectivity index (χ3n) is 8.33. The van der Waals surface area contributed by atoms with Gasteiger partial charge < -0.3 is 14.4 Å². The molecule has 0 aliphatic carbocycles. The fourth-order valence-electron chi connectivity index (χ4n) is 6.39. The van der Waals surface area contributed by atoms with Gasteiger partial charge in [-0.3, -0.25) is 19.3 Å². The minimum Gasteiger partial charge on any atom is -0.437 e. The van der Waals surface area contributed by atoms with Gasteiger partial charge in [-0.2, -0.15) is 0 Å². The zero-order valence-corrected chi connectivity index (χ0v) is 23.9. The van der Waals surface area contributed by atoms with Gasteiger partial charge in [0.1, 0.15) is 18.0 Å². The van der Waals surface area contributed by atoms with Gasteiger partial charge in [0, 0.05) is 35.0 Å². The number of carbonyl (C=O) groups excluding carboxylic acids is 2. The minimum absolute atomic E-state index is 0.0709. The summed E-state index contributed by atoms with van der Waals surface area (Å²) in [6.45, 7) is 2.64. The van der Waals surface area contributed by atoms with Gasteiger partial charge in [0.2, 0.25) is 11.2 Å². The fraction of sp³-hybridized carbons (Fsp3) is 0.387. The molecule has 1 fully saturated rings. The SMILES string of the molecule is CCCCC1CCN2C(=O)c3c(OC(=O)OC)c(=O)ccn3N(C3c4ccccc4SCc4cccc(F)c43)C2C1. The number of halogens is 1. The zero-order valence-electron chi connectivity index (χ0n) is 23.0. The summed E-state index contributed by atoms with van der Waals surface area (Å²) in [5.41, 5.74) is 1.63. The lowest BCUT2D eigenvalue weighted by Gasteiger charge is -2.53. The molecule has 0 N–H and O–H groups in total. The van der Waals surface area contributed by atoms with Crippen LogP contribution in [0.25, 0.3) is 0 Å². The van der Waals surface area contributed by atoms with Gasteiger partial charge in [-0.05, 0) is 42.0 Å². The van der Waals surface area contributed by atoms with Gasteiger partial charge in [0.25, 0.3) is 5.91 Å². The number of fused-ring (bicyclic) bond motifs is 4. The maximum absolute atomic E-state index is 16.0. The van der Waals surface area contributed by atoms with Crippen molar-refractivity contribution < 1.29 is 23.5 Å². The smallest absolute Gasteiger partial charge is 0.437 e. The highest BCUT2D eigenvalue weighted by atomic mass is 32.2. The Balaban J connectivity index is 1.62. The third-order valence-corrected chi connectivity index (χ3v) is 9.47. The van der Waals surface area contributed by atoms with Crippen LogP contribution in [0.4, 0.5) is 9.18 Å². The summed E-state index contributed by atoms with van der Waals surface area (Å²) in [5.74, 6) is -0.157. The molecule has 2 aromatic carbocycles. The second kappa shape index (κ2) is 11.2. The van der Waals surface area contributed by atoms with Crippen LogP contribution in [0, 0.1) is 11.7 Å². The Morgan fingerprint density at radius 3 is 2.76 bits per heavy atom. The molecule has 3 aliphatic rings. The summed E-state index contributed by atoms with van der Waals surface area (Å²) in [7, 11) is 1.14. The van der Waals surface area contributed by atoms with Crippen LogP contribution < -0.4 is 15.2 Å². The van der Waals surface area contributed by atoms with E-state index in [0.29, 0.717) is 30.2 Å². The van der Waals surface area contributed by atoms with Crippen molar-refractivity contribution in [3.63, 3.8) is 0 Å². The number of aromatic nitrogens is 1. The second-order valence-corrected chi connectivity index (χ2v) is 11.7. The number of hydrogen-bond donors (Lipinski definition) is 0. The summed E-state index contributed by atoms with van der Waals surface area (Å²) in [6.07, 6.45) is 4.76. The number of unbranched alkanes of at least 4 members (excludes halogenated alkanes) is 1. The molecule has 10 heteroatoms. The van der Waals surface area contributed by atoms with Crippen molar-refractivity contribution >= 4 is 23.8 Å². The van der Waals surface area contributed by atoms with Crippen LogP contribution >= 0.6 is 11.8 Å². The van der Waals surface area contributed by atoms with Crippen LogP contribution in [0.2, 0.25) is 0 Å². The van der Waals surface area contributed by atoms with Crippen LogP contribution in [0.15, 0.2) is 64.4 Å². The Kier molecular flexibility index (Phi) is 7.50. The van der Waals surface area contributed by atoms with Crippen LogP contribution in [0.1, 0.15) is 72.2 Å². The Hall–Kier alpha value is -3.79. The van der Waals surface area contributed by atoms with Crippen LogP contribution in [-0.4, -0.2) is 41.5 Å². The number of pyridine rings is 1. The average molecular weight is 578 g/mol. The van der Waals surface area contributed by atoms with E-state index in [0.717, 1.165) is 48.8 Å². The molecule has 8 nitrogen and oxygen atoms in total. The molecular formula is C31H32FN3O5S. The number of ether oxygens (including phenoxy) is 2. The van der Waals surface area contributed by atoms with E-state index in [1.807, 2.05) is 35.3 Å². The zero-order chi connectivity index (χ0) is 28.7. The normalized spacial score (nSPS) is 21.2. The van der Waals surface area contributed by atoms with Crippen molar-refractivity contribution in [1.29, 1.82) is 0 Å². The molecule has 1 saturated heterocycles. The molecule has 1 aromatic heterocycles. The Morgan fingerprint density at radius 2 is 1.95 bits per heavy atom. The quantitative estimate of drug-likeness (QED) is 0.352. The van der Waals surface area contributed by atoms with E-state index in [2.05, 4.69) is 11.7 Å². The van der Waals surface area contributed by atoms with Crippen molar-refractivity contribution in [3.8, 4) is 5.75 Å². The van der Waals surface area contributed by atoms with Crippen molar-refractivity contribution in [3.05, 3.63) is 93.2 Å². The third kappa shape index (κ3) is 4.77. The van der Waals surface area contributed by atoms with Gasteiger partial charge in [-0.15, -0.1) is 11.8 Å². The van der Waals surface area contributed by atoms with Crippen LogP contribution in [0.5, 0.6) is 5.75 Å². The highest BCUT2D eigenvalue weighted by molar-refractivity contribution is 7.98. The minimum atomic E-state index is -1.09. The predicted octanol–water partition coefficient (Wildman–Crippen LogP) is 5.85. The molecule has 3 aliphatic heterocycles. The Bertz CT molecular complexity index is 1560. The van der Waals surface area contributed by atoms with Gasteiger partial charge in [0.15, 0.2) is 5.69 Å². The maximum atomic E-state index is 16.0. The summed E-state index contributed by atoms with van der Waals surface area (Å²) < 4.78 is 27.5. The molecule has 0 saturated carbocycles. The number of hydrogen-bond acceptors (Lipinski definition) is 7. The summed E-state index contributed by atoms with van der Waals surface area (Å²) in [4.78, 5) is 42.0. The summed E-state index contributed by atoms with van der Waals surface area (Å²) >= 11 is 1.65. The second-order valence-electron chi connectivity index (χ2n) is 10.7. The largest absolute Gasteiger partial charge is 0.513 e. The molecule has 6 rings (SSSR count). The molecule has 214 valence electrons. The number of thioether (sulfide) groups is 1. The Morgan fingerprint density at radius 1 is 1.12 bits per heavy atom. The first kappa shape index (κ1) is 27.4. The fourth-order valence-corrected chi connectivity index (χ4v) is 7.47. The summed E-state index contributed by atoms with van der Waals surface area (Å²) in [6, 6.07) is 13.7. The number of benzene rings is 2. The lowest BCUT2D eigenvalue weighted by atomic mass is 9.87. The Labute approximate surface area is 242 Å². The van der Waals surface area contributed by atoms with Crippen molar-refractivity contribution in [1.82, 2.24) is 9.58 Å². The first-order chi connectivity index (χ1) is 19.9. The van der Waals surface area contributed by atoms with E-state index in [1.165, 1.54) is 18.3 Å². The molecule has 0 radical (unpaired) electrons. The number of rotatable bonds is 5. The molecule has 3 unspecified atom stereocenters. The number of piperidine rings is 1. The molecule has 1 amide bonds. The molecule has 0 bridgehead atoms. The molecule has 4 heterocycles. The van der Waals surface area contributed by atoms with Gasteiger partial charge in [-0.1, -0.05) is 56.5 Å². The van der Waals surface area contributed by atoms with E-state index in [1.54, 1.807) is 27.4 Å². The first-order valence-corrected chi connectivity index (χ1v) is 15.0. The van der Waals surface area contributed by atoms with Crippen molar-refractivity contribution in [2.45, 2.75) is 61.9 Å². The first-order valence-electron chi connectivity index (χ1n) is 14.0. The monoisotopic (exact) mass is 577 g/mol. The van der Waals surface area contributed by atoms with E-state index in [4.69, 9.17) is 4.74 Å². The van der Waals surface area contributed by atoms with Crippen molar-refractivity contribution in [2.24, 2.45) is 5.92 Å². The van der Waals surface area contributed by atoms with E-state index in [-0.39, 0.29) is 11.5 Å². The van der Waals surface area contributed by atoms with E-state index in [9.17, 15) is 14.4 Å². The lowest BCUT2D eigenvalue weighted by Crippen LogP contribution is -2.64. The number of methoxy groups -OCH3 is 1. The highest BCUT2D eigenvalue weighted by Gasteiger charge is 2.47. The number of amides is 1. The van der Waals surface area contributed by atoms with Gasteiger partial charge >= 0.3 is 6.16 Å². The van der Waals surface area contributed by atoms with E-state index < -0.39 is 35.4 Å². The highest BCUT2D eigenvalue weighted by Crippen LogP contribution is 2.46. The molecule has 0 spiro atoms. The van der Waals surface area contributed by atoms with Gasteiger partial charge in [-0.25, -0.2) is 9.18 Å².